The molecule has 1 atom stereocenters. The third-order valence-electron chi connectivity index (χ3n) is 5.23. The second kappa shape index (κ2) is 7.93. The lowest BCUT2D eigenvalue weighted by molar-refractivity contribution is -0.122. The summed E-state index contributed by atoms with van der Waals surface area (Å²) in [6.45, 7) is 6.51. The lowest BCUT2D eigenvalue weighted by Crippen LogP contribution is -2.45. The zero-order chi connectivity index (χ0) is 16.1. The van der Waals surface area contributed by atoms with Crippen LogP contribution < -0.4 is 5.32 Å². The SMILES string of the molecule is CN1CCN(CCCNC(=O)C2CCCc3ccccc32)CC1. The van der Waals surface area contributed by atoms with Gasteiger partial charge in [0.15, 0.2) is 0 Å². The first kappa shape index (κ1) is 16.5. The number of nitrogens with zero attached hydrogens (tertiary/aromatic N) is 2. The van der Waals surface area contributed by atoms with Gasteiger partial charge in [0, 0.05) is 32.7 Å². The Kier molecular flexibility index (Phi) is 5.68. The summed E-state index contributed by atoms with van der Waals surface area (Å²) in [7, 11) is 2.18. The van der Waals surface area contributed by atoms with E-state index in [1.165, 1.54) is 11.1 Å². The molecule has 3 rings (SSSR count). The molecule has 126 valence electrons. The van der Waals surface area contributed by atoms with Crippen LogP contribution in [0.2, 0.25) is 0 Å². The molecule has 0 aromatic heterocycles. The summed E-state index contributed by atoms with van der Waals surface area (Å²) in [6.07, 6.45) is 4.27. The number of piperazine rings is 1. The molecule has 0 bridgehead atoms. The fourth-order valence-corrected chi connectivity index (χ4v) is 3.74. The van der Waals surface area contributed by atoms with Crippen LogP contribution in [0, 0.1) is 0 Å². The second-order valence-corrected chi connectivity index (χ2v) is 6.93. The van der Waals surface area contributed by atoms with Gasteiger partial charge in [0.05, 0.1) is 5.92 Å². The fourth-order valence-electron chi connectivity index (χ4n) is 3.74. The van der Waals surface area contributed by atoms with Gasteiger partial charge in [-0.1, -0.05) is 24.3 Å². The summed E-state index contributed by atoms with van der Waals surface area (Å²) in [5, 5.41) is 3.17. The van der Waals surface area contributed by atoms with Crippen molar-refractivity contribution in [3.05, 3.63) is 35.4 Å². The maximum Gasteiger partial charge on any atom is 0.227 e. The van der Waals surface area contributed by atoms with Crippen LogP contribution in [0.3, 0.4) is 0 Å². The van der Waals surface area contributed by atoms with Crippen molar-refractivity contribution in [1.29, 1.82) is 0 Å². The summed E-state index contributed by atoms with van der Waals surface area (Å²) < 4.78 is 0. The van der Waals surface area contributed by atoms with Crippen molar-refractivity contribution in [2.45, 2.75) is 31.6 Å². The third-order valence-corrected chi connectivity index (χ3v) is 5.23. The number of fused-ring (bicyclic) bond motifs is 1. The average Bonchev–Trinajstić information content (AvgIpc) is 2.59. The van der Waals surface area contributed by atoms with Crippen LogP contribution in [0.1, 0.15) is 36.3 Å². The predicted octanol–water partition coefficient (Wildman–Crippen LogP) is 1.86. The maximum atomic E-state index is 12.5. The Morgan fingerprint density at radius 2 is 2.00 bits per heavy atom. The van der Waals surface area contributed by atoms with E-state index in [0.29, 0.717) is 0 Å². The minimum Gasteiger partial charge on any atom is -0.356 e. The van der Waals surface area contributed by atoms with Gasteiger partial charge in [-0.3, -0.25) is 4.79 Å². The molecule has 1 heterocycles. The Labute approximate surface area is 139 Å². The third kappa shape index (κ3) is 4.33. The molecule has 1 fully saturated rings. The summed E-state index contributed by atoms with van der Waals surface area (Å²) in [5.41, 5.74) is 2.60. The number of nitrogens with one attached hydrogen (secondary N) is 1. The maximum absolute atomic E-state index is 12.5. The van der Waals surface area contributed by atoms with Crippen LogP contribution in [0.25, 0.3) is 0 Å². The van der Waals surface area contributed by atoms with E-state index in [4.69, 9.17) is 0 Å². The Hall–Kier alpha value is -1.39. The van der Waals surface area contributed by atoms with Crippen LogP contribution in [0.5, 0.6) is 0 Å². The van der Waals surface area contributed by atoms with Crippen LogP contribution in [0.4, 0.5) is 0 Å². The molecule has 4 heteroatoms. The van der Waals surface area contributed by atoms with Crippen LogP contribution in [0.15, 0.2) is 24.3 Å². The topological polar surface area (TPSA) is 35.6 Å². The number of hydrogen-bond donors (Lipinski definition) is 1. The zero-order valence-corrected chi connectivity index (χ0v) is 14.3. The molecule has 0 spiro atoms. The number of carbonyl (C=O) groups is 1. The van der Waals surface area contributed by atoms with E-state index in [0.717, 1.165) is 65.0 Å². The van der Waals surface area contributed by atoms with E-state index in [1.807, 2.05) is 0 Å². The number of rotatable bonds is 5. The molecule has 23 heavy (non-hydrogen) atoms. The zero-order valence-electron chi connectivity index (χ0n) is 14.3. The number of amides is 1. The van der Waals surface area contributed by atoms with Gasteiger partial charge >= 0.3 is 0 Å². The lowest BCUT2D eigenvalue weighted by atomic mass is 9.82. The molecule has 1 aliphatic carbocycles. The van der Waals surface area contributed by atoms with E-state index >= 15 is 0 Å². The second-order valence-electron chi connectivity index (χ2n) is 6.93. The normalized spacial score (nSPS) is 22.6. The van der Waals surface area contributed by atoms with Crippen molar-refractivity contribution < 1.29 is 4.79 Å². The van der Waals surface area contributed by atoms with E-state index in [2.05, 4.69) is 46.4 Å². The Balaban J connectivity index is 1.42. The van der Waals surface area contributed by atoms with E-state index in [1.54, 1.807) is 0 Å². The summed E-state index contributed by atoms with van der Waals surface area (Å²) in [5.74, 6) is 0.277. The van der Waals surface area contributed by atoms with E-state index in [9.17, 15) is 4.79 Å². The highest BCUT2D eigenvalue weighted by atomic mass is 16.1. The highest BCUT2D eigenvalue weighted by molar-refractivity contribution is 5.84. The molecule has 2 aliphatic rings. The molecule has 0 radical (unpaired) electrons. The first-order valence-corrected chi connectivity index (χ1v) is 9.00. The first-order valence-electron chi connectivity index (χ1n) is 9.00. The van der Waals surface area contributed by atoms with Crippen molar-refractivity contribution in [3.8, 4) is 0 Å². The summed E-state index contributed by atoms with van der Waals surface area (Å²) in [6, 6.07) is 8.43. The van der Waals surface area contributed by atoms with Gasteiger partial charge in [0.25, 0.3) is 0 Å². The van der Waals surface area contributed by atoms with E-state index in [-0.39, 0.29) is 11.8 Å². The summed E-state index contributed by atoms with van der Waals surface area (Å²) >= 11 is 0. The van der Waals surface area contributed by atoms with Gasteiger partial charge in [-0.25, -0.2) is 0 Å². The fraction of sp³-hybridized carbons (Fsp3) is 0.632. The number of likely N-dealkylation sites (N-methyl/N-ethyl adjacent to an activating group) is 1. The molecule has 1 saturated heterocycles. The molecule has 1 N–H and O–H groups in total. The van der Waals surface area contributed by atoms with Gasteiger partial charge in [-0.05, 0) is 50.4 Å². The Morgan fingerprint density at radius 3 is 2.83 bits per heavy atom. The van der Waals surface area contributed by atoms with Gasteiger partial charge in [-0.2, -0.15) is 0 Å². The standard InChI is InChI=1S/C19H29N3O/c1-21-12-14-22(15-13-21)11-5-10-20-19(23)18-9-4-7-16-6-2-3-8-17(16)18/h2-3,6,8,18H,4-5,7,9-15H2,1H3,(H,20,23). The van der Waals surface area contributed by atoms with Crippen LogP contribution in [-0.2, 0) is 11.2 Å². The lowest BCUT2D eigenvalue weighted by Gasteiger charge is -2.32. The van der Waals surface area contributed by atoms with Crippen molar-refractivity contribution in [2.75, 3.05) is 46.3 Å². The predicted molar refractivity (Wildman–Crippen MR) is 93.7 cm³/mol. The monoisotopic (exact) mass is 315 g/mol. The first-order chi connectivity index (χ1) is 11.2. The number of benzene rings is 1. The number of aryl methyl sites for hydroxylation is 1. The van der Waals surface area contributed by atoms with Crippen molar-refractivity contribution in [2.24, 2.45) is 0 Å². The van der Waals surface area contributed by atoms with Gasteiger partial charge in [0.1, 0.15) is 0 Å². The average molecular weight is 315 g/mol. The minimum absolute atomic E-state index is 0.0589. The quantitative estimate of drug-likeness (QED) is 0.843. The van der Waals surface area contributed by atoms with Gasteiger partial charge in [0.2, 0.25) is 5.91 Å². The highest BCUT2D eigenvalue weighted by Crippen LogP contribution is 2.31. The van der Waals surface area contributed by atoms with Crippen molar-refractivity contribution >= 4 is 5.91 Å². The molecule has 1 amide bonds. The number of carbonyl (C=O) groups excluding carboxylic acids is 1. The number of hydrogen-bond acceptors (Lipinski definition) is 3. The van der Waals surface area contributed by atoms with Gasteiger partial charge in [-0.15, -0.1) is 0 Å². The van der Waals surface area contributed by atoms with Crippen molar-refractivity contribution in [3.63, 3.8) is 0 Å². The molecule has 1 aromatic carbocycles. The Bertz CT molecular complexity index is 523. The Morgan fingerprint density at radius 1 is 1.22 bits per heavy atom. The van der Waals surface area contributed by atoms with Crippen molar-refractivity contribution in [1.82, 2.24) is 15.1 Å². The molecule has 4 nitrogen and oxygen atoms in total. The minimum atomic E-state index is 0.0589. The molecule has 1 unspecified atom stereocenters. The highest BCUT2D eigenvalue weighted by Gasteiger charge is 2.25. The van der Waals surface area contributed by atoms with E-state index < -0.39 is 0 Å². The van der Waals surface area contributed by atoms with Gasteiger partial charge < -0.3 is 15.1 Å². The molecule has 0 saturated carbocycles. The smallest absolute Gasteiger partial charge is 0.227 e. The molecule has 1 aliphatic heterocycles. The van der Waals surface area contributed by atoms with Crippen LogP contribution >= 0.6 is 0 Å². The van der Waals surface area contributed by atoms with Crippen LogP contribution in [-0.4, -0.2) is 62.0 Å². The molecular weight excluding hydrogens is 286 g/mol. The largest absolute Gasteiger partial charge is 0.356 e. The summed E-state index contributed by atoms with van der Waals surface area (Å²) in [4.78, 5) is 17.4. The molecular formula is C19H29N3O. The molecule has 1 aromatic rings.